The number of amidine groups is 2. The summed E-state index contributed by atoms with van der Waals surface area (Å²) in [6.45, 7) is 7.56. The smallest absolute Gasteiger partial charge is 0.153 e. The minimum Gasteiger partial charge on any atom is -0.481 e. The summed E-state index contributed by atoms with van der Waals surface area (Å²) in [6, 6.07) is 12.4. The molecule has 0 saturated heterocycles. The maximum atomic E-state index is 5.95. The third-order valence-corrected chi connectivity index (χ3v) is 7.40. The highest BCUT2D eigenvalue weighted by atomic mass is 35.5. The number of benzene rings is 2. The highest BCUT2D eigenvalue weighted by Crippen LogP contribution is 2.34. The standard InChI is InChI=1S/C28H38N6O2.3ClH/c1-17-27(29)33-23-11-21(6-8-25(23)35-17)15-31-13-19-4-3-5-20(10-19)14-32-16-22-7-9-26-24(12-22)34-28(30)18(2)36-26;;;/h6-9,11-12,17-20,31-32H,3-5,10,13-16H2,1-2H3,(H2,29,33)(H2,30,34);3*1H. The minimum atomic E-state index is -0.166. The van der Waals surface area contributed by atoms with Gasteiger partial charge in [-0.2, -0.15) is 0 Å². The van der Waals surface area contributed by atoms with E-state index in [2.05, 4.69) is 44.9 Å². The fourth-order valence-electron chi connectivity index (χ4n) is 5.30. The van der Waals surface area contributed by atoms with E-state index in [0.29, 0.717) is 23.5 Å². The lowest BCUT2D eigenvalue weighted by Gasteiger charge is -2.29. The van der Waals surface area contributed by atoms with E-state index in [1.165, 1.54) is 36.8 Å². The van der Waals surface area contributed by atoms with Gasteiger partial charge >= 0.3 is 0 Å². The molecule has 6 N–H and O–H groups in total. The van der Waals surface area contributed by atoms with Crippen molar-refractivity contribution < 1.29 is 9.47 Å². The second kappa shape index (κ2) is 15.0. The molecule has 2 aromatic rings. The monoisotopic (exact) mass is 598 g/mol. The lowest BCUT2D eigenvalue weighted by atomic mass is 9.81. The molecule has 11 heteroatoms. The van der Waals surface area contributed by atoms with Crippen molar-refractivity contribution in [3.05, 3.63) is 47.5 Å². The van der Waals surface area contributed by atoms with E-state index < -0.39 is 0 Å². The van der Waals surface area contributed by atoms with Gasteiger partial charge in [-0.1, -0.05) is 18.6 Å². The molecule has 0 amide bonds. The van der Waals surface area contributed by atoms with Crippen LogP contribution in [-0.4, -0.2) is 37.0 Å². The number of fused-ring (bicyclic) bond motifs is 2. The average Bonchev–Trinajstić information content (AvgIpc) is 2.86. The van der Waals surface area contributed by atoms with Crippen molar-refractivity contribution in [1.82, 2.24) is 10.6 Å². The maximum Gasteiger partial charge on any atom is 0.153 e. The highest BCUT2D eigenvalue weighted by molar-refractivity contribution is 5.90. The number of nitrogens with zero attached hydrogens (tertiary/aromatic N) is 2. The van der Waals surface area contributed by atoms with Gasteiger partial charge in [-0.3, -0.25) is 0 Å². The summed E-state index contributed by atoms with van der Waals surface area (Å²) < 4.78 is 11.6. The van der Waals surface area contributed by atoms with Crippen LogP contribution < -0.4 is 31.6 Å². The van der Waals surface area contributed by atoms with Crippen LogP contribution in [-0.2, 0) is 13.1 Å². The molecule has 4 atom stereocenters. The first-order valence-electron chi connectivity index (χ1n) is 13.1. The molecule has 1 saturated carbocycles. The third-order valence-electron chi connectivity index (χ3n) is 7.40. The summed E-state index contributed by atoms with van der Waals surface area (Å²) in [5.41, 5.74) is 15.9. The molecule has 3 aliphatic rings. The van der Waals surface area contributed by atoms with Gasteiger partial charge in [0, 0.05) is 13.1 Å². The van der Waals surface area contributed by atoms with Crippen molar-refractivity contribution in [3.8, 4) is 11.5 Å². The second-order valence-electron chi connectivity index (χ2n) is 10.4. The summed E-state index contributed by atoms with van der Waals surface area (Å²) >= 11 is 0. The second-order valence-corrected chi connectivity index (χ2v) is 10.4. The molecular weight excluding hydrogens is 559 g/mol. The average molecular weight is 600 g/mol. The van der Waals surface area contributed by atoms with Crippen molar-refractivity contribution in [2.75, 3.05) is 13.1 Å². The number of aliphatic imine (C=N–C) groups is 2. The number of halogens is 3. The van der Waals surface area contributed by atoms with Gasteiger partial charge in [-0.25, -0.2) is 9.98 Å². The normalized spacial score (nSPS) is 23.1. The molecule has 0 aromatic heterocycles. The summed E-state index contributed by atoms with van der Waals surface area (Å²) in [4.78, 5) is 8.98. The lowest BCUT2D eigenvalue weighted by Crippen LogP contribution is -2.33. The summed E-state index contributed by atoms with van der Waals surface area (Å²) in [5.74, 6) is 4.09. The Labute approximate surface area is 250 Å². The van der Waals surface area contributed by atoms with Crippen LogP contribution in [0.15, 0.2) is 46.4 Å². The van der Waals surface area contributed by atoms with Gasteiger partial charge in [-0.05, 0) is 93.4 Å². The van der Waals surface area contributed by atoms with E-state index in [9.17, 15) is 0 Å². The molecule has 1 aliphatic carbocycles. The van der Waals surface area contributed by atoms with Gasteiger partial charge < -0.3 is 31.6 Å². The first kappa shape index (κ1) is 33.0. The molecule has 0 bridgehead atoms. The van der Waals surface area contributed by atoms with Gasteiger partial charge in [0.25, 0.3) is 0 Å². The SMILES string of the molecule is CC1Oc2ccc(CNCC3CCCC(CNCc4ccc5c(c4)N=C(N)C(C)O5)C3)cc2N=C1N.Cl.Cl.Cl. The summed E-state index contributed by atoms with van der Waals surface area (Å²) in [6.07, 6.45) is 4.81. The molecule has 0 radical (unpaired) electrons. The molecule has 8 nitrogen and oxygen atoms in total. The molecule has 2 aliphatic heterocycles. The quantitative estimate of drug-likeness (QED) is 0.332. The Morgan fingerprint density at radius 2 is 1.18 bits per heavy atom. The Morgan fingerprint density at radius 1 is 0.744 bits per heavy atom. The Bertz CT molecular complexity index is 1070. The van der Waals surface area contributed by atoms with E-state index >= 15 is 0 Å². The zero-order chi connectivity index (χ0) is 25.1. The largest absolute Gasteiger partial charge is 0.481 e. The van der Waals surface area contributed by atoms with E-state index in [4.69, 9.17) is 20.9 Å². The number of hydrogen-bond acceptors (Lipinski definition) is 8. The fraction of sp³-hybridized carbons (Fsp3) is 0.500. The predicted molar refractivity (Wildman–Crippen MR) is 166 cm³/mol. The number of hydrogen-bond donors (Lipinski definition) is 4. The van der Waals surface area contributed by atoms with Crippen molar-refractivity contribution in [2.45, 2.75) is 64.8 Å². The van der Waals surface area contributed by atoms with Crippen LogP contribution in [0.5, 0.6) is 11.5 Å². The van der Waals surface area contributed by atoms with E-state index in [1.54, 1.807) is 0 Å². The zero-order valence-corrected chi connectivity index (χ0v) is 25.0. The van der Waals surface area contributed by atoms with Crippen LogP contribution in [0.4, 0.5) is 11.4 Å². The van der Waals surface area contributed by atoms with Gasteiger partial charge in [0.2, 0.25) is 0 Å². The number of nitrogens with two attached hydrogens (primary N) is 2. The van der Waals surface area contributed by atoms with Gasteiger partial charge in [0.15, 0.2) is 12.2 Å². The lowest BCUT2D eigenvalue weighted by molar-refractivity contribution is 0.252. The topological polar surface area (TPSA) is 119 Å². The highest BCUT2D eigenvalue weighted by Gasteiger charge is 2.23. The number of ether oxygens (including phenoxy) is 2. The van der Waals surface area contributed by atoms with Crippen LogP contribution >= 0.6 is 37.2 Å². The number of rotatable bonds is 8. The van der Waals surface area contributed by atoms with E-state index in [0.717, 1.165) is 49.1 Å². The first-order chi connectivity index (χ1) is 17.4. The van der Waals surface area contributed by atoms with Crippen LogP contribution in [0.25, 0.3) is 0 Å². The molecule has 39 heavy (non-hydrogen) atoms. The van der Waals surface area contributed by atoms with Crippen molar-refractivity contribution >= 4 is 60.3 Å². The van der Waals surface area contributed by atoms with Gasteiger partial charge in [0.1, 0.15) is 34.5 Å². The van der Waals surface area contributed by atoms with Gasteiger partial charge in [-0.15, -0.1) is 37.2 Å². The molecule has 4 unspecified atom stereocenters. The molecule has 2 aromatic carbocycles. The molecular formula is C28H41Cl3N6O2. The summed E-state index contributed by atoms with van der Waals surface area (Å²) in [5, 5.41) is 7.32. The predicted octanol–water partition coefficient (Wildman–Crippen LogP) is 5.18. The van der Waals surface area contributed by atoms with Crippen LogP contribution in [0.2, 0.25) is 0 Å². The molecule has 5 rings (SSSR count). The Balaban J connectivity index is 0.00000178. The minimum absolute atomic E-state index is 0. The zero-order valence-electron chi connectivity index (χ0n) is 22.5. The van der Waals surface area contributed by atoms with Crippen LogP contribution in [0, 0.1) is 11.8 Å². The first-order valence-corrected chi connectivity index (χ1v) is 13.1. The Kier molecular flexibility index (Phi) is 12.6. The molecule has 0 spiro atoms. The molecule has 2 heterocycles. The van der Waals surface area contributed by atoms with E-state index in [1.807, 2.05) is 26.0 Å². The number of nitrogens with one attached hydrogen (secondary N) is 2. The Morgan fingerprint density at radius 3 is 1.62 bits per heavy atom. The maximum absolute atomic E-state index is 5.95. The van der Waals surface area contributed by atoms with Crippen LogP contribution in [0.1, 0.15) is 50.7 Å². The Hall–Kier alpha value is -2.23. The van der Waals surface area contributed by atoms with Crippen LogP contribution in [0.3, 0.4) is 0 Å². The molecule has 216 valence electrons. The third kappa shape index (κ3) is 8.38. The van der Waals surface area contributed by atoms with Gasteiger partial charge in [0.05, 0.1) is 0 Å². The summed E-state index contributed by atoms with van der Waals surface area (Å²) in [7, 11) is 0. The molecule has 1 fully saturated rings. The van der Waals surface area contributed by atoms with Crippen molar-refractivity contribution in [2.24, 2.45) is 33.3 Å². The van der Waals surface area contributed by atoms with E-state index in [-0.39, 0.29) is 49.4 Å². The van der Waals surface area contributed by atoms with Crippen molar-refractivity contribution in [1.29, 1.82) is 0 Å². The fourth-order valence-corrected chi connectivity index (χ4v) is 5.30. The van der Waals surface area contributed by atoms with Crippen molar-refractivity contribution in [3.63, 3.8) is 0 Å².